The van der Waals surface area contributed by atoms with Crippen LogP contribution in [-0.2, 0) is 0 Å². The smallest absolute Gasteiger partial charge is 0.123 e. The average Bonchev–Trinajstić information content (AvgIpc) is 3.04. The van der Waals surface area contributed by atoms with Gasteiger partial charge >= 0.3 is 0 Å². The molecule has 0 heterocycles. The summed E-state index contributed by atoms with van der Waals surface area (Å²) in [5.41, 5.74) is 6.52. The molecule has 6 rings (SSSR count). The summed E-state index contributed by atoms with van der Waals surface area (Å²) in [7, 11) is 0. The topological polar surface area (TPSA) is 80.9 Å². The second-order valence-electron chi connectivity index (χ2n) is 11.8. The molecule has 4 heteroatoms. The second kappa shape index (κ2) is 12.3. The third kappa shape index (κ3) is 5.83. The molecule has 0 atom stereocenters. The average molecular weight is 571 g/mol. The molecular formula is C39H38O4. The highest BCUT2D eigenvalue weighted by molar-refractivity contribution is 5.78. The summed E-state index contributed by atoms with van der Waals surface area (Å²) in [5, 5.41) is 42.9. The van der Waals surface area contributed by atoms with Crippen LogP contribution in [0.25, 0.3) is 22.3 Å². The van der Waals surface area contributed by atoms with Crippen LogP contribution in [0.4, 0.5) is 0 Å². The minimum atomic E-state index is -0.236. The van der Waals surface area contributed by atoms with Gasteiger partial charge in [-0.1, -0.05) is 86.1 Å². The van der Waals surface area contributed by atoms with E-state index in [-0.39, 0.29) is 28.9 Å². The van der Waals surface area contributed by atoms with E-state index >= 15 is 0 Å². The summed E-state index contributed by atoms with van der Waals surface area (Å²) in [6.07, 6.45) is 6.29. The number of benzene rings is 5. The van der Waals surface area contributed by atoms with Gasteiger partial charge in [0.15, 0.2) is 0 Å². The molecule has 5 aromatic rings. The minimum Gasteiger partial charge on any atom is -0.507 e. The first-order valence-corrected chi connectivity index (χ1v) is 15.2. The first-order chi connectivity index (χ1) is 20.9. The lowest BCUT2D eigenvalue weighted by Crippen LogP contribution is -2.12. The highest BCUT2D eigenvalue weighted by Gasteiger charge is 2.24. The minimum absolute atomic E-state index is 0.0858. The third-order valence-corrected chi connectivity index (χ3v) is 9.26. The van der Waals surface area contributed by atoms with E-state index in [4.69, 9.17) is 0 Å². The molecule has 4 N–H and O–H groups in total. The van der Waals surface area contributed by atoms with Crippen LogP contribution in [0.3, 0.4) is 0 Å². The third-order valence-electron chi connectivity index (χ3n) is 9.26. The zero-order chi connectivity index (χ0) is 29.9. The first kappa shape index (κ1) is 28.4. The number of hydrogen-bond donors (Lipinski definition) is 4. The first-order valence-electron chi connectivity index (χ1n) is 15.2. The quantitative estimate of drug-likeness (QED) is 0.147. The standard InChI is InChI=1S/C39H38O4/c1-2-25-11-13-26(14-12-25)27-15-17-28(18-16-27)39(29-19-21-37(42)33(23-29)31-7-3-5-9-35(31)40)30-20-22-38(43)34(24-30)32-8-4-6-10-36(32)41/h3-10,15-26,39-43H,2,11-14H2,1H3. The van der Waals surface area contributed by atoms with Crippen molar-refractivity contribution < 1.29 is 20.4 Å². The lowest BCUT2D eigenvalue weighted by atomic mass is 9.77. The van der Waals surface area contributed by atoms with Crippen LogP contribution in [0.15, 0.2) is 109 Å². The molecule has 0 spiro atoms. The van der Waals surface area contributed by atoms with Crippen LogP contribution in [0.2, 0.25) is 0 Å². The van der Waals surface area contributed by atoms with E-state index in [1.54, 1.807) is 48.5 Å². The normalized spacial score (nSPS) is 16.8. The summed E-state index contributed by atoms with van der Waals surface area (Å²) in [4.78, 5) is 0. The van der Waals surface area contributed by atoms with Crippen molar-refractivity contribution in [1.82, 2.24) is 0 Å². The fourth-order valence-corrected chi connectivity index (χ4v) is 6.74. The van der Waals surface area contributed by atoms with Crippen molar-refractivity contribution in [3.63, 3.8) is 0 Å². The van der Waals surface area contributed by atoms with Crippen LogP contribution in [0.5, 0.6) is 23.0 Å². The molecule has 218 valence electrons. The molecule has 0 unspecified atom stereocenters. The Hall–Kier alpha value is -4.70. The van der Waals surface area contributed by atoms with E-state index in [9.17, 15) is 20.4 Å². The summed E-state index contributed by atoms with van der Waals surface area (Å²) in [5.74, 6) is 1.56. The van der Waals surface area contributed by atoms with E-state index in [0.717, 1.165) is 22.6 Å². The molecule has 1 aliphatic rings. The van der Waals surface area contributed by atoms with Crippen molar-refractivity contribution in [2.75, 3.05) is 0 Å². The van der Waals surface area contributed by atoms with E-state index in [1.165, 1.54) is 37.7 Å². The second-order valence-corrected chi connectivity index (χ2v) is 11.8. The predicted molar refractivity (Wildman–Crippen MR) is 173 cm³/mol. The van der Waals surface area contributed by atoms with Gasteiger partial charge in [-0.05, 0) is 96.2 Å². The maximum atomic E-state index is 10.8. The Kier molecular flexibility index (Phi) is 8.11. The molecule has 1 aliphatic carbocycles. The van der Waals surface area contributed by atoms with Crippen LogP contribution in [-0.4, -0.2) is 20.4 Å². The van der Waals surface area contributed by atoms with Crippen molar-refractivity contribution in [2.24, 2.45) is 5.92 Å². The lowest BCUT2D eigenvalue weighted by Gasteiger charge is -2.28. The van der Waals surface area contributed by atoms with E-state index in [2.05, 4.69) is 31.2 Å². The number of para-hydroxylation sites is 2. The fraction of sp³-hybridized carbons (Fsp3) is 0.231. The molecule has 1 saturated carbocycles. The van der Waals surface area contributed by atoms with Crippen LogP contribution >= 0.6 is 0 Å². The maximum Gasteiger partial charge on any atom is 0.123 e. The predicted octanol–water partition coefficient (Wildman–Crippen LogP) is 9.71. The van der Waals surface area contributed by atoms with Crippen molar-refractivity contribution >= 4 is 0 Å². The molecule has 0 amide bonds. The van der Waals surface area contributed by atoms with Gasteiger partial charge in [0.25, 0.3) is 0 Å². The van der Waals surface area contributed by atoms with Gasteiger partial charge in [0.1, 0.15) is 23.0 Å². The highest BCUT2D eigenvalue weighted by atomic mass is 16.3. The summed E-state index contributed by atoms with van der Waals surface area (Å²) in [6, 6.07) is 34.0. The van der Waals surface area contributed by atoms with Gasteiger partial charge in [-0.3, -0.25) is 0 Å². The molecule has 0 aromatic heterocycles. The number of phenolic OH excluding ortho intramolecular Hbond substituents is 4. The van der Waals surface area contributed by atoms with E-state index < -0.39 is 0 Å². The van der Waals surface area contributed by atoms with Gasteiger partial charge in [-0.25, -0.2) is 0 Å². The molecular weight excluding hydrogens is 532 g/mol. The Bertz CT molecular complexity index is 1620. The van der Waals surface area contributed by atoms with Crippen molar-refractivity contribution in [2.45, 2.75) is 50.9 Å². The van der Waals surface area contributed by atoms with Gasteiger partial charge in [0.05, 0.1) is 0 Å². The Morgan fingerprint density at radius 2 is 0.953 bits per heavy atom. The van der Waals surface area contributed by atoms with E-state index in [1.807, 2.05) is 36.4 Å². The number of phenols is 4. The number of hydrogen-bond acceptors (Lipinski definition) is 4. The summed E-state index contributed by atoms with van der Waals surface area (Å²) in [6.45, 7) is 2.29. The Morgan fingerprint density at radius 3 is 1.42 bits per heavy atom. The van der Waals surface area contributed by atoms with E-state index in [0.29, 0.717) is 28.2 Å². The van der Waals surface area contributed by atoms with Gasteiger partial charge in [-0.2, -0.15) is 0 Å². The fourth-order valence-electron chi connectivity index (χ4n) is 6.74. The number of rotatable bonds is 7. The largest absolute Gasteiger partial charge is 0.507 e. The van der Waals surface area contributed by atoms with Crippen LogP contribution in [0, 0.1) is 5.92 Å². The monoisotopic (exact) mass is 570 g/mol. The van der Waals surface area contributed by atoms with Crippen molar-refractivity contribution in [3.8, 4) is 45.3 Å². The zero-order valence-corrected chi connectivity index (χ0v) is 24.4. The molecule has 43 heavy (non-hydrogen) atoms. The number of aromatic hydroxyl groups is 4. The zero-order valence-electron chi connectivity index (χ0n) is 24.4. The molecule has 0 aliphatic heterocycles. The van der Waals surface area contributed by atoms with Crippen molar-refractivity contribution in [3.05, 3.63) is 131 Å². The molecule has 0 bridgehead atoms. The van der Waals surface area contributed by atoms with Crippen molar-refractivity contribution in [1.29, 1.82) is 0 Å². The molecule has 1 fully saturated rings. The Balaban J connectivity index is 1.46. The SMILES string of the molecule is CCC1CCC(c2ccc(C(c3ccc(O)c(-c4ccccc4O)c3)c3ccc(O)c(-c4ccccc4O)c3)cc2)CC1. The summed E-state index contributed by atoms with van der Waals surface area (Å²) < 4.78 is 0. The molecule has 5 aromatic carbocycles. The van der Waals surface area contributed by atoms with Gasteiger partial charge in [-0.15, -0.1) is 0 Å². The molecule has 0 saturated heterocycles. The van der Waals surface area contributed by atoms with Gasteiger partial charge < -0.3 is 20.4 Å². The van der Waals surface area contributed by atoms with Crippen LogP contribution in [0.1, 0.15) is 73.1 Å². The Labute approximate surface area is 253 Å². The lowest BCUT2D eigenvalue weighted by molar-refractivity contribution is 0.319. The molecule has 0 radical (unpaired) electrons. The molecule has 4 nitrogen and oxygen atoms in total. The van der Waals surface area contributed by atoms with Gasteiger partial charge in [0.2, 0.25) is 0 Å². The maximum absolute atomic E-state index is 10.8. The summed E-state index contributed by atoms with van der Waals surface area (Å²) >= 11 is 0. The highest BCUT2D eigenvalue weighted by Crippen LogP contribution is 2.44. The van der Waals surface area contributed by atoms with Crippen LogP contribution < -0.4 is 0 Å². The Morgan fingerprint density at radius 1 is 0.512 bits per heavy atom. The van der Waals surface area contributed by atoms with Gasteiger partial charge in [0, 0.05) is 28.2 Å².